The minimum Gasteiger partial charge on any atom is -0.368 e. The van der Waals surface area contributed by atoms with Gasteiger partial charge in [0.2, 0.25) is 0 Å². The predicted molar refractivity (Wildman–Crippen MR) is 162 cm³/mol. The Labute approximate surface area is 239 Å². The lowest BCUT2D eigenvalue weighted by Crippen LogP contribution is -2.49. The van der Waals surface area contributed by atoms with Crippen LogP contribution in [-0.2, 0) is 4.79 Å². The molecule has 6 rings (SSSR count). The fraction of sp³-hybridized carbons (Fsp3) is 0.400. The summed E-state index contributed by atoms with van der Waals surface area (Å²) in [6.45, 7) is 10.4. The standard InChI is InChI=1S/C30H33ClN6OS/c1-20(2)35-12-14-36(15-13-35)26-9-7-22(18-24(26)31)28-23-16-21(6-8-25(23)32-19-33-28)17-27-29(38)34-30(39-27)37-10-4-3-5-11-37/h6-9,16-20H,3-5,10-15H2,1-2H3. The van der Waals surface area contributed by atoms with Gasteiger partial charge >= 0.3 is 0 Å². The second-order valence-corrected chi connectivity index (χ2v) is 12.1. The Morgan fingerprint density at radius 1 is 0.923 bits per heavy atom. The quantitative estimate of drug-likeness (QED) is 0.366. The van der Waals surface area contributed by atoms with Gasteiger partial charge in [-0.25, -0.2) is 9.97 Å². The summed E-state index contributed by atoms with van der Waals surface area (Å²) in [5.74, 6) is -0.165. The van der Waals surface area contributed by atoms with Crippen molar-refractivity contribution in [2.45, 2.75) is 39.2 Å². The summed E-state index contributed by atoms with van der Waals surface area (Å²) in [5, 5.41) is 2.48. The molecule has 3 aliphatic heterocycles. The molecular formula is C30H33ClN6OS. The van der Waals surface area contributed by atoms with Crippen LogP contribution < -0.4 is 4.90 Å². The maximum Gasteiger partial charge on any atom is 0.286 e. The lowest BCUT2D eigenvalue weighted by atomic mass is 10.0. The van der Waals surface area contributed by atoms with Gasteiger partial charge in [0.05, 0.1) is 26.8 Å². The van der Waals surface area contributed by atoms with E-state index in [2.05, 4.69) is 61.7 Å². The van der Waals surface area contributed by atoms with Gasteiger partial charge in [0.25, 0.3) is 5.91 Å². The Morgan fingerprint density at radius 3 is 2.46 bits per heavy atom. The average Bonchev–Trinajstić information content (AvgIpc) is 3.33. The van der Waals surface area contributed by atoms with Crippen LogP contribution in [0, 0.1) is 0 Å². The number of thioether (sulfide) groups is 1. The summed E-state index contributed by atoms with van der Waals surface area (Å²) < 4.78 is 0. The number of likely N-dealkylation sites (tertiary alicyclic amines) is 1. The van der Waals surface area contributed by atoms with Gasteiger partial charge in [-0.15, -0.1) is 0 Å². The van der Waals surface area contributed by atoms with Crippen molar-refractivity contribution in [1.82, 2.24) is 19.8 Å². The van der Waals surface area contributed by atoms with Crippen molar-refractivity contribution in [3.8, 4) is 11.3 Å². The third-order valence-corrected chi connectivity index (χ3v) is 9.15. The Balaban J connectivity index is 1.25. The van der Waals surface area contributed by atoms with Crippen molar-refractivity contribution in [2.75, 3.05) is 44.2 Å². The van der Waals surface area contributed by atoms with Gasteiger partial charge in [-0.3, -0.25) is 9.69 Å². The van der Waals surface area contributed by atoms with Gasteiger partial charge in [0, 0.05) is 56.3 Å². The number of benzene rings is 2. The molecule has 1 aromatic heterocycles. The predicted octanol–water partition coefficient (Wildman–Crippen LogP) is 5.94. The van der Waals surface area contributed by atoms with E-state index >= 15 is 0 Å². The molecule has 0 aliphatic carbocycles. The molecule has 3 aliphatic rings. The van der Waals surface area contributed by atoms with Crippen LogP contribution in [0.25, 0.3) is 28.2 Å². The molecule has 3 aromatic rings. The summed E-state index contributed by atoms with van der Waals surface area (Å²) in [4.78, 5) is 33.9. The number of rotatable bonds is 4. The van der Waals surface area contributed by atoms with Crippen molar-refractivity contribution < 1.29 is 4.79 Å². The summed E-state index contributed by atoms with van der Waals surface area (Å²) >= 11 is 8.31. The number of carbonyl (C=O) groups is 1. The van der Waals surface area contributed by atoms with Gasteiger partial charge in [0.1, 0.15) is 6.33 Å². The Hall–Kier alpha value is -2.94. The van der Waals surface area contributed by atoms with Crippen LogP contribution in [0.5, 0.6) is 0 Å². The topological polar surface area (TPSA) is 64.9 Å². The van der Waals surface area contributed by atoms with E-state index in [0.29, 0.717) is 10.9 Å². The molecule has 0 spiro atoms. The van der Waals surface area contributed by atoms with Gasteiger partial charge in [-0.1, -0.05) is 23.7 Å². The number of hydrogen-bond donors (Lipinski definition) is 0. The highest BCUT2D eigenvalue weighted by Gasteiger charge is 2.27. The van der Waals surface area contributed by atoms with Crippen LogP contribution in [0.1, 0.15) is 38.7 Å². The molecule has 9 heteroatoms. The maximum atomic E-state index is 12.7. The van der Waals surface area contributed by atoms with Gasteiger partial charge in [-0.2, -0.15) is 4.99 Å². The number of anilines is 1. The molecule has 2 fully saturated rings. The highest BCUT2D eigenvalue weighted by Crippen LogP contribution is 2.35. The number of amides is 1. The Bertz CT molecular complexity index is 1460. The van der Waals surface area contributed by atoms with Gasteiger partial charge < -0.3 is 9.80 Å². The number of nitrogens with zero attached hydrogens (tertiary/aromatic N) is 6. The molecule has 1 amide bonds. The number of halogens is 1. The highest BCUT2D eigenvalue weighted by atomic mass is 35.5. The smallest absolute Gasteiger partial charge is 0.286 e. The fourth-order valence-electron chi connectivity index (χ4n) is 5.55. The number of piperazine rings is 1. The number of fused-ring (bicyclic) bond motifs is 1. The van der Waals surface area contributed by atoms with E-state index in [9.17, 15) is 4.79 Å². The number of amidine groups is 1. The lowest BCUT2D eigenvalue weighted by molar-refractivity contribution is -0.113. The molecule has 0 saturated carbocycles. The lowest BCUT2D eigenvalue weighted by Gasteiger charge is -2.38. The fourth-order valence-corrected chi connectivity index (χ4v) is 6.82. The summed E-state index contributed by atoms with van der Waals surface area (Å²) in [7, 11) is 0. The monoisotopic (exact) mass is 560 g/mol. The summed E-state index contributed by atoms with van der Waals surface area (Å²) in [5.41, 5.74) is 4.62. The normalized spacial score (nSPS) is 19.9. The maximum absolute atomic E-state index is 12.7. The highest BCUT2D eigenvalue weighted by molar-refractivity contribution is 8.18. The van der Waals surface area contributed by atoms with Crippen LogP contribution in [0.2, 0.25) is 5.02 Å². The molecule has 0 radical (unpaired) electrons. The van der Waals surface area contributed by atoms with Crippen molar-refractivity contribution in [3.05, 3.63) is 58.2 Å². The summed E-state index contributed by atoms with van der Waals surface area (Å²) in [6, 6.07) is 12.8. The first-order valence-electron chi connectivity index (χ1n) is 13.8. The molecule has 0 unspecified atom stereocenters. The van der Waals surface area contributed by atoms with E-state index in [1.807, 2.05) is 24.3 Å². The van der Waals surface area contributed by atoms with Gasteiger partial charge in [0.15, 0.2) is 5.17 Å². The van der Waals surface area contributed by atoms with E-state index < -0.39 is 0 Å². The van der Waals surface area contributed by atoms with Crippen LogP contribution in [0.3, 0.4) is 0 Å². The van der Waals surface area contributed by atoms with Crippen LogP contribution in [0.15, 0.2) is 52.6 Å². The number of aromatic nitrogens is 2. The van der Waals surface area contributed by atoms with E-state index in [4.69, 9.17) is 11.6 Å². The molecule has 4 heterocycles. The first-order chi connectivity index (χ1) is 19.0. The van der Waals surface area contributed by atoms with Crippen molar-refractivity contribution in [1.29, 1.82) is 0 Å². The molecule has 0 bridgehead atoms. The second kappa shape index (κ2) is 11.3. The minimum atomic E-state index is -0.165. The first-order valence-corrected chi connectivity index (χ1v) is 15.0. The zero-order valence-corrected chi connectivity index (χ0v) is 24.0. The Morgan fingerprint density at radius 2 is 1.72 bits per heavy atom. The number of carbonyl (C=O) groups excluding carboxylic acids is 1. The number of aliphatic imine (C=N–C) groups is 1. The molecule has 0 atom stereocenters. The number of piperidine rings is 1. The minimum absolute atomic E-state index is 0.165. The van der Waals surface area contributed by atoms with E-state index in [-0.39, 0.29) is 5.91 Å². The third-order valence-electron chi connectivity index (χ3n) is 7.80. The van der Waals surface area contributed by atoms with Gasteiger partial charge in [-0.05, 0) is 80.8 Å². The Kier molecular flexibility index (Phi) is 7.60. The third kappa shape index (κ3) is 5.55. The molecule has 2 aromatic carbocycles. The molecular weight excluding hydrogens is 528 g/mol. The van der Waals surface area contributed by atoms with E-state index in [1.165, 1.54) is 18.2 Å². The zero-order chi connectivity index (χ0) is 26.9. The van der Waals surface area contributed by atoms with Crippen LogP contribution in [-0.4, -0.2) is 76.2 Å². The van der Waals surface area contributed by atoms with Crippen LogP contribution >= 0.6 is 23.4 Å². The van der Waals surface area contributed by atoms with Crippen molar-refractivity contribution >= 4 is 57.1 Å². The number of hydrogen-bond acceptors (Lipinski definition) is 7. The van der Waals surface area contributed by atoms with Crippen LogP contribution in [0.4, 0.5) is 5.69 Å². The van der Waals surface area contributed by atoms with E-state index in [0.717, 1.165) is 95.7 Å². The van der Waals surface area contributed by atoms with Crippen molar-refractivity contribution in [2.24, 2.45) is 4.99 Å². The summed E-state index contributed by atoms with van der Waals surface area (Å²) in [6.07, 6.45) is 7.07. The molecule has 7 nitrogen and oxygen atoms in total. The second-order valence-electron chi connectivity index (χ2n) is 10.6. The largest absolute Gasteiger partial charge is 0.368 e. The van der Waals surface area contributed by atoms with Crippen molar-refractivity contribution in [3.63, 3.8) is 0 Å². The van der Waals surface area contributed by atoms with E-state index in [1.54, 1.807) is 6.33 Å². The molecule has 2 saturated heterocycles. The first kappa shape index (κ1) is 26.3. The molecule has 39 heavy (non-hydrogen) atoms. The SMILES string of the molecule is CC(C)N1CCN(c2ccc(-c3ncnc4ccc(C=C5SC(N6CCCCC6)=NC5=O)cc34)cc2Cl)CC1. The molecule has 0 N–H and O–H groups in total. The molecule has 202 valence electrons. The zero-order valence-electron chi connectivity index (χ0n) is 22.4. The average molecular weight is 561 g/mol.